The number of nitrogens with two attached hydrogens (primary N) is 1. The Hall–Kier alpha value is -0.280. The Morgan fingerprint density at radius 3 is 2.61 bits per heavy atom. The quantitative estimate of drug-likeness (QED) is 0.832. The van der Waals surface area contributed by atoms with Crippen molar-refractivity contribution in [2.45, 2.75) is 51.2 Å². The van der Waals surface area contributed by atoms with Crippen molar-refractivity contribution in [3.8, 4) is 0 Å². The first kappa shape index (κ1) is 15.8. The maximum absolute atomic E-state index is 10.0. The Morgan fingerprint density at radius 1 is 1.33 bits per heavy atom. The summed E-state index contributed by atoms with van der Waals surface area (Å²) in [4.78, 5) is 0. The average molecular weight is 290 g/mol. The first-order valence-electron chi connectivity index (χ1n) is 6.34. The zero-order valence-corrected chi connectivity index (χ0v) is 12.4. The van der Waals surface area contributed by atoms with Gasteiger partial charge in [-0.05, 0) is 42.5 Å². The van der Waals surface area contributed by atoms with Crippen molar-refractivity contribution in [2.75, 3.05) is 0 Å². The summed E-state index contributed by atoms with van der Waals surface area (Å²) in [6.07, 6.45) is 1.90. The van der Waals surface area contributed by atoms with E-state index in [0.29, 0.717) is 16.5 Å². The van der Waals surface area contributed by atoms with Crippen molar-refractivity contribution >= 4 is 23.2 Å². The van der Waals surface area contributed by atoms with Crippen molar-refractivity contribution in [1.29, 1.82) is 0 Å². The zero-order chi connectivity index (χ0) is 13.7. The first-order chi connectivity index (χ1) is 8.45. The number of hydrogen-bond donors (Lipinski definition) is 2. The highest BCUT2D eigenvalue weighted by molar-refractivity contribution is 6.33. The molecule has 1 aromatic rings. The number of aliphatic hydroxyl groups excluding tert-OH is 1. The van der Waals surface area contributed by atoms with Crippen LogP contribution in [0.15, 0.2) is 18.2 Å². The minimum absolute atomic E-state index is 0.133. The maximum atomic E-state index is 10.0. The van der Waals surface area contributed by atoms with Crippen molar-refractivity contribution in [1.82, 2.24) is 0 Å². The molecule has 0 aromatic heterocycles. The van der Waals surface area contributed by atoms with Crippen LogP contribution in [0.4, 0.5) is 0 Å². The van der Waals surface area contributed by atoms with Gasteiger partial charge in [-0.2, -0.15) is 0 Å². The van der Waals surface area contributed by atoms with E-state index in [1.54, 1.807) is 12.1 Å². The molecule has 1 rings (SSSR count). The lowest BCUT2D eigenvalue weighted by Crippen LogP contribution is -2.35. The van der Waals surface area contributed by atoms with Crippen LogP contribution in [-0.4, -0.2) is 17.3 Å². The van der Waals surface area contributed by atoms with E-state index in [9.17, 15) is 5.11 Å². The van der Waals surface area contributed by atoms with Gasteiger partial charge in [0.15, 0.2) is 0 Å². The number of hydrogen-bond acceptors (Lipinski definition) is 2. The first-order valence-corrected chi connectivity index (χ1v) is 7.09. The molecule has 18 heavy (non-hydrogen) atoms. The fourth-order valence-electron chi connectivity index (χ4n) is 2.08. The molecule has 0 fully saturated rings. The topological polar surface area (TPSA) is 46.2 Å². The van der Waals surface area contributed by atoms with Gasteiger partial charge in [-0.1, -0.05) is 43.5 Å². The number of rotatable bonds is 6. The van der Waals surface area contributed by atoms with Crippen LogP contribution in [0.5, 0.6) is 0 Å². The Kier molecular flexibility index (Phi) is 6.44. The minimum atomic E-state index is -0.505. The fraction of sp³-hybridized carbons (Fsp3) is 0.571. The average Bonchev–Trinajstić information content (AvgIpc) is 2.32. The van der Waals surface area contributed by atoms with Crippen LogP contribution in [0.1, 0.15) is 44.6 Å². The second-order valence-corrected chi connectivity index (χ2v) is 5.67. The van der Waals surface area contributed by atoms with Gasteiger partial charge in [0, 0.05) is 16.1 Å². The molecule has 3 atom stereocenters. The highest BCUT2D eigenvalue weighted by Gasteiger charge is 2.19. The largest absolute Gasteiger partial charge is 0.391 e. The molecular formula is C14H21Cl2NO. The van der Waals surface area contributed by atoms with Gasteiger partial charge >= 0.3 is 0 Å². The van der Waals surface area contributed by atoms with Crippen LogP contribution in [0, 0.1) is 0 Å². The van der Waals surface area contributed by atoms with E-state index in [-0.39, 0.29) is 12.0 Å². The van der Waals surface area contributed by atoms with Crippen LogP contribution in [0.25, 0.3) is 0 Å². The van der Waals surface area contributed by atoms with E-state index < -0.39 is 6.10 Å². The summed E-state index contributed by atoms with van der Waals surface area (Å²) in [6, 6.07) is 5.23. The standard InChI is InChI=1S/C14H21Cl2NO/c1-3-4-13(17)14(18)7-9(2)11-8-10(15)5-6-12(11)16/h5-6,8-9,13-14,18H,3-4,7,17H2,1-2H3. The van der Waals surface area contributed by atoms with Gasteiger partial charge in [0.25, 0.3) is 0 Å². The van der Waals surface area contributed by atoms with Crippen molar-refractivity contribution in [3.63, 3.8) is 0 Å². The summed E-state index contributed by atoms with van der Waals surface area (Å²) in [5.74, 6) is 0.133. The number of aliphatic hydroxyl groups is 1. The predicted octanol–water partition coefficient (Wildman–Crippen LogP) is 3.98. The third kappa shape index (κ3) is 4.43. The van der Waals surface area contributed by atoms with E-state index in [2.05, 4.69) is 6.92 Å². The molecule has 0 aliphatic rings. The van der Waals surface area contributed by atoms with Gasteiger partial charge in [0.05, 0.1) is 6.10 Å². The van der Waals surface area contributed by atoms with Gasteiger partial charge in [0.1, 0.15) is 0 Å². The number of benzene rings is 1. The second-order valence-electron chi connectivity index (χ2n) is 4.82. The summed E-state index contributed by atoms with van der Waals surface area (Å²) in [5, 5.41) is 11.4. The summed E-state index contributed by atoms with van der Waals surface area (Å²) in [7, 11) is 0. The van der Waals surface area contributed by atoms with Crippen LogP contribution < -0.4 is 5.73 Å². The van der Waals surface area contributed by atoms with E-state index in [1.165, 1.54) is 0 Å². The van der Waals surface area contributed by atoms with Gasteiger partial charge in [-0.25, -0.2) is 0 Å². The molecule has 3 unspecified atom stereocenters. The highest BCUT2D eigenvalue weighted by atomic mass is 35.5. The van der Waals surface area contributed by atoms with Gasteiger partial charge < -0.3 is 10.8 Å². The van der Waals surface area contributed by atoms with Crippen molar-refractivity contribution in [3.05, 3.63) is 33.8 Å². The van der Waals surface area contributed by atoms with E-state index >= 15 is 0 Å². The van der Waals surface area contributed by atoms with Crippen molar-refractivity contribution < 1.29 is 5.11 Å². The van der Waals surface area contributed by atoms with E-state index in [1.807, 2.05) is 13.0 Å². The van der Waals surface area contributed by atoms with Crippen LogP contribution in [0.3, 0.4) is 0 Å². The molecule has 0 saturated carbocycles. The molecule has 1 aromatic carbocycles. The molecule has 0 radical (unpaired) electrons. The van der Waals surface area contributed by atoms with Crippen LogP contribution >= 0.6 is 23.2 Å². The fourth-order valence-corrected chi connectivity index (χ4v) is 2.57. The third-order valence-electron chi connectivity index (χ3n) is 3.20. The van der Waals surface area contributed by atoms with Gasteiger partial charge in [-0.15, -0.1) is 0 Å². The summed E-state index contributed by atoms with van der Waals surface area (Å²) >= 11 is 12.1. The van der Waals surface area contributed by atoms with E-state index in [0.717, 1.165) is 18.4 Å². The molecule has 0 spiro atoms. The van der Waals surface area contributed by atoms with E-state index in [4.69, 9.17) is 28.9 Å². The lowest BCUT2D eigenvalue weighted by Gasteiger charge is -2.22. The molecule has 0 amide bonds. The van der Waals surface area contributed by atoms with Crippen LogP contribution in [0.2, 0.25) is 10.0 Å². The second kappa shape index (κ2) is 7.34. The zero-order valence-electron chi connectivity index (χ0n) is 10.9. The summed E-state index contributed by atoms with van der Waals surface area (Å²) < 4.78 is 0. The summed E-state index contributed by atoms with van der Waals surface area (Å²) in [5.41, 5.74) is 6.88. The predicted molar refractivity (Wildman–Crippen MR) is 78.4 cm³/mol. The Balaban J connectivity index is 2.69. The maximum Gasteiger partial charge on any atom is 0.0696 e. The molecular weight excluding hydrogens is 269 g/mol. The highest BCUT2D eigenvalue weighted by Crippen LogP contribution is 2.30. The third-order valence-corrected chi connectivity index (χ3v) is 3.78. The monoisotopic (exact) mass is 289 g/mol. The molecule has 0 aliphatic heterocycles. The molecule has 0 aliphatic carbocycles. The molecule has 2 nitrogen and oxygen atoms in total. The number of halogens is 2. The normalized spacial score (nSPS) is 16.3. The van der Waals surface area contributed by atoms with Gasteiger partial charge in [0.2, 0.25) is 0 Å². The molecule has 0 heterocycles. The molecule has 0 saturated heterocycles. The lowest BCUT2D eigenvalue weighted by molar-refractivity contribution is 0.124. The molecule has 102 valence electrons. The molecule has 4 heteroatoms. The Morgan fingerprint density at radius 2 is 2.00 bits per heavy atom. The Bertz CT molecular complexity index is 384. The lowest BCUT2D eigenvalue weighted by atomic mass is 9.91. The Labute approximate surface area is 119 Å². The summed E-state index contributed by atoms with van der Waals surface area (Å²) in [6.45, 7) is 4.09. The molecule has 0 bridgehead atoms. The van der Waals surface area contributed by atoms with Crippen LogP contribution in [-0.2, 0) is 0 Å². The molecule has 3 N–H and O–H groups in total. The van der Waals surface area contributed by atoms with Gasteiger partial charge in [-0.3, -0.25) is 0 Å². The SMILES string of the molecule is CCCC(N)C(O)CC(C)c1cc(Cl)ccc1Cl. The minimum Gasteiger partial charge on any atom is -0.391 e. The smallest absolute Gasteiger partial charge is 0.0696 e. The van der Waals surface area contributed by atoms with Crippen molar-refractivity contribution in [2.24, 2.45) is 5.73 Å².